The summed E-state index contributed by atoms with van der Waals surface area (Å²) in [5, 5.41) is 2.65. The van der Waals surface area contributed by atoms with Crippen molar-refractivity contribution in [3.63, 3.8) is 0 Å². The van der Waals surface area contributed by atoms with Gasteiger partial charge in [0, 0.05) is 30.5 Å². The topological polar surface area (TPSA) is 107 Å². The third-order valence-corrected chi connectivity index (χ3v) is 9.23. The molecule has 11 nitrogen and oxygen atoms in total. The van der Waals surface area contributed by atoms with Crippen molar-refractivity contribution in [1.29, 1.82) is 0 Å². The second-order valence-corrected chi connectivity index (χ2v) is 14.7. The molecule has 2 aliphatic heterocycles. The summed E-state index contributed by atoms with van der Waals surface area (Å²) in [6, 6.07) is 28.3. The summed E-state index contributed by atoms with van der Waals surface area (Å²) in [6.45, 7) is 9.51. The average molecular weight is 743 g/mol. The van der Waals surface area contributed by atoms with Crippen LogP contribution in [0, 0.1) is 0 Å². The number of hydrogen-bond acceptors (Lipinski definition) is 11. The molecular formula is C43H54N2O9. The Morgan fingerprint density at radius 3 is 2.39 bits per heavy atom. The molecule has 0 radical (unpaired) electrons. The largest absolute Gasteiger partial charge is 0.528 e. The van der Waals surface area contributed by atoms with Crippen molar-refractivity contribution >= 4 is 17.1 Å². The fourth-order valence-electron chi connectivity index (χ4n) is 6.66. The van der Waals surface area contributed by atoms with Gasteiger partial charge in [-0.2, -0.15) is 0 Å². The minimum absolute atomic E-state index is 0.201. The van der Waals surface area contributed by atoms with E-state index < -0.39 is 24.0 Å². The predicted molar refractivity (Wildman–Crippen MR) is 204 cm³/mol. The highest BCUT2D eigenvalue weighted by Gasteiger charge is 2.41. The van der Waals surface area contributed by atoms with Crippen LogP contribution in [0.25, 0.3) is 10.9 Å². The standard InChI is InChI=1S/C43H54N2O9/c1-43(2,3)53-42(46)54-45-28-38(49-25-26-51-40-14-7-8-23-50-40)41(39(29-45)52-31-33-15-16-34-13-9-21-44-37(34)27-33)35-17-19-36(20-18-35)48-24-10-22-47-30-32-11-5-4-6-12-32/h4-6,9,11-13,15-21,27,38-41H,7-8,10,14,22-26,28-31H2,1-3H3. The van der Waals surface area contributed by atoms with Gasteiger partial charge in [-0.25, -0.2) is 4.79 Å². The van der Waals surface area contributed by atoms with Crippen LogP contribution in [0.4, 0.5) is 4.79 Å². The van der Waals surface area contributed by atoms with Crippen molar-refractivity contribution in [3.05, 3.63) is 108 Å². The number of fused-ring (bicyclic) bond motifs is 1. The molecule has 2 fully saturated rings. The van der Waals surface area contributed by atoms with E-state index >= 15 is 0 Å². The van der Waals surface area contributed by atoms with Crippen LogP contribution in [0.3, 0.4) is 0 Å². The Balaban J connectivity index is 1.14. The number of piperidine rings is 1. The van der Waals surface area contributed by atoms with Gasteiger partial charge in [0.25, 0.3) is 0 Å². The normalized spacial score (nSPS) is 20.8. The van der Waals surface area contributed by atoms with Gasteiger partial charge < -0.3 is 38.0 Å². The molecule has 0 aliphatic carbocycles. The summed E-state index contributed by atoms with van der Waals surface area (Å²) in [7, 11) is 0. The summed E-state index contributed by atoms with van der Waals surface area (Å²) < 4.78 is 42.4. The first-order chi connectivity index (χ1) is 26.3. The van der Waals surface area contributed by atoms with Crippen LogP contribution >= 0.6 is 0 Å². The highest BCUT2D eigenvalue weighted by Crippen LogP contribution is 2.35. The minimum atomic E-state index is -0.774. The molecule has 11 heteroatoms. The molecule has 54 heavy (non-hydrogen) atoms. The summed E-state index contributed by atoms with van der Waals surface area (Å²) in [6.07, 6.45) is 3.76. The molecule has 0 saturated carbocycles. The molecule has 0 N–H and O–H groups in total. The van der Waals surface area contributed by atoms with Crippen molar-refractivity contribution in [2.45, 2.75) is 89.7 Å². The van der Waals surface area contributed by atoms with Crippen LogP contribution in [0.2, 0.25) is 0 Å². The number of carbonyl (C=O) groups is 1. The fraction of sp³-hybridized carbons (Fsp3) is 0.488. The lowest BCUT2D eigenvalue weighted by Crippen LogP contribution is -2.53. The second kappa shape index (κ2) is 20.0. The number of aromatic nitrogens is 1. The summed E-state index contributed by atoms with van der Waals surface area (Å²) in [4.78, 5) is 23.1. The minimum Gasteiger partial charge on any atom is -0.494 e. The van der Waals surface area contributed by atoms with Crippen LogP contribution in [0.15, 0.2) is 91.1 Å². The molecule has 2 saturated heterocycles. The van der Waals surface area contributed by atoms with E-state index in [1.165, 1.54) is 0 Å². The number of pyridine rings is 1. The number of hydrogen-bond donors (Lipinski definition) is 0. The van der Waals surface area contributed by atoms with E-state index in [0.29, 0.717) is 59.3 Å². The molecule has 4 atom stereocenters. The number of hydroxylamine groups is 2. The number of rotatable bonds is 17. The zero-order valence-corrected chi connectivity index (χ0v) is 31.7. The molecule has 0 amide bonds. The molecule has 0 bridgehead atoms. The summed E-state index contributed by atoms with van der Waals surface area (Å²) in [5.74, 6) is 0.570. The van der Waals surface area contributed by atoms with E-state index in [9.17, 15) is 4.79 Å². The zero-order valence-electron chi connectivity index (χ0n) is 31.7. The third-order valence-electron chi connectivity index (χ3n) is 9.23. The van der Waals surface area contributed by atoms with Crippen LogP contribution in [-0.2, 0) is 46.5 Å². The maximum absolute atomic E-state index is 12.8. The highest BCUT2D eigenvalue weighted by atomic mass is 16.8. The maximum Gasteiger partial charge on any atom is 0.528 e. The fourth-order valence-corrected chi connectivity index (χ4v) is 6.66. The lowest BCUT2D eigenvalue weighted by atomic mass is 9.85. The van der Waals surface area contributed by atoms with E-state index in [0.717, 1.165) is 59.0 Å². The van der Waals surface area contributed by atoms with Crippen molar-refractivity contribution in [2.75, 3.05) is 46.1 Å². The summed E-state index contributed by atoms with van der Waals surface area (Å²) >= 11 is 0. The molecule has 3 heterocycles. The Bertz CT molecular complexity index is 1710. The SMILES string of the molecule is CC(C)(C)OC(=O)ON1CC(OCCOC2CCCCO2)C(c2ccc(OCCCOCc3ccccc3)cc2)C(OCc2ccc3cccnc3c2)C1. The van der Waals surface area contributed by atoms with Gasteiger partial charge in [0.15, 0.2) is 6.29 Å². The van der Waals surface area contributed by atoms with Crippen molar-refractivity contribution in [1.82, 2.24) is 10.0 Å². The van der Waals surface area contributed by atoms with Crippen LogP contribution < -0.4 is 4.74 Å². The van der Waals surface area contributed by atoms with Crippen molar-refractivity contribution in [3.8, 4) is 5.75 Å². The van der Waals surface area contributed by atoms with Gasteiger partial charge in [-0.15, -0.1) is 5.06 Å². The average Bonchev–Trinajstić information content (AvgIpc) is 3.17. The van der Waals surface area contributed by atoms with Gasteiger partial charge in [0.05, 0.1) is 70.5 Å². The van der Waals surface area contributed by atoms with Gasteiger partial charge in [0.2, 0.25) is 0 Å². The van der Waals surface area contributed by atoms with E-state index in [4.69, 9.17) is 38.0 Å². The van der Waals surface area contributed by atoms with Gasteiger partial charge in [-0.3, -0.25) is 4.98 Å². The lowest BCUT2D eigenvalue weighted by molar-refractivity contribution is -0.214. The number of ether oxygens (including phenoxy) is 7. The first-order valence-electron chi connectivity index (χ1n) is 19.1. The van der Waals surface area contributed by atoms with Gasteiger partial charge in [-0.1, -0.05) is 60.7 Å². The van der Waals surface area contributed by atoms with Gasteiger partial charge >= 0.3 is 6.16 Å². The molecule has 6 rings (SSSR count). The first kappa shape index (κ1) is 39.6. The number of benzene rings is 3. The zero-order chi connectivity index (χ0) is 37.6. The smallest absolute Gasteiger partial charge is 0.494 e. The molecule has 0 spiro atoms. The Labute approximate surface area is 318 Å². The predicted octanol–water partition coefficient (Wildman–Crippen LogP) is 8.00. The third kappa shape index (κ3) is 12.5. The van der Waals surface area contributed by atoms with Gasteiger partial charge in [0.1, 0.15) is 11.4 Å². The maximum atomic E-state index is 12.8. The molecule has 3 aromatic carbocycles. The monoisotopic (exact) mass is 742 g/mol. The van der Waals surface area contributed by atoms with E-state index in [-0.39, 0.29) is 12.2 Å². The van der Waals surface area contributed by atoms with Crippen LogP contribution in [0.5, 0.6) is 5.75 Å². The van der Waals surface area contributed by atoms with Gasteiger partial charge in [-0.05, 0) is 81.0 Å². The Hall–Kier alpha value is -4.10. The first-order valence-corrected chi connectivity index (χ1v) is 19.1. The molecule has 4 unspecified atom stereocenters. The van der Waals surface area contributed by atoms with E-state index in [1.54, 1.807) is 32.0 Å². The second-order valence-electron chi connectivity index (χ2n) is 14.7. The Kier molecular flexibility index (Phi) is 14.7. The molecular weight excluding hydrogens is 688 g/mol. The summed E-state index contributed by atoms with van der Waals surface area (Å²) in [5.41, 5.74) is 3.36. The molecule has 1 aromatic heterocycles. The molecule has 290 valence electrons. The molecule has 4 aromatic rings. The number of nitrogens with zero attached hydrogens (tertiary/aromatic N) is 2. The Morgan fingerprint density at radius 1 is 0.815 bits per heavy atom. The lowest BCUT2D eigenvalue weighted by Gasteiger charge is -2.42. The number of carbonyl (C=O) groups excluding carboxylic acids is 1. The van der Waals surface area contributed by atoms with Crippen LogP contribution in [-0.4, -0.2) is 86.4 Å². The highest BCUT2D eigenvalue weighted by molar-refractivity contribution is 5.78. The van der Waals surface area contributed by atoms with Crippen LogP contribution in [0.1, 0.15) is 69.1 Å². The quantitative estimate of drug-likeness (QED) is 0.0776. The van der Waals surface area contributed by atoms with E-state index in [1.807, 2.05) is 60.7 Å². The molecule has 2 aliphatic rings. The Morgan fingerprint density at radius 2 is 1.61 bits per heavy atom. The van der Waals surface area contributed by atoms with E-state index in [2.05, 4.69) is 29.2 Å². The van der Waals surface area contributed by atoms with Crippen molar-refractivity contribution in [2.24, 2.45) is 0 Å². The van der Waals surface area contributed by atoms with Crippen molar-refractivity contribution < 1.29 is 42.8 Å².